The summed E-state index contributed by atoms with van der Waals surface area (Å²) in [6, 6.07) is 0. The van der Waals surface area contributed by atoms with Gasteiger partial charge in [-0.05, 0) is 57.8 Å². The Morgan fingerprint density at radius 1 is 0.300 bits per heavy atom. The number of allylic oxidation sites excluding steroid dienone is 12. The van der Waals surface area contributed by atoms with Crippen molar-refractivity contribution >= 4 is 17.9 Å². The van der Waals surface area contributed by atoms with Crippen molar-refractivity contribution in [3.63, 3.8) is 0 Å². The molecular formula is C64H112O6. The van der Waals surface area contributed by atoms with Gasteiger partial charge in [-0.15, -0.1) is 0 Å². The number of carbonyl (C=O) groups excluding carboxylic acids is 3. The van der Waals surface area contributed by atoms with Crippen LogP contribution in [0.15, 0.2) is 72.9 Å². The highest BCUT2D eigenvalue weighted by molar-refractivity contribution is 5.71. The molecule has 1 unspecified atom stereocenters. The average Bonchev–Trinajstić information content (AvgIpc) is 3.36. The number of rotatable bonds is 54. The predicted molar refractivity (Wildman–Crippen MR) is 302 cm³/mol. The lowest BCUT2D eigenvalue weighted by Crippen LogP contribution is -2.30. The molecule has 0 aromatic heterocycles. The minimum atomic E-state index is -0.812. The van der Waals surface area contributed by atoms with Crippen molar-refractivity contribution in [3.8, 4) is 0 Å². The first kappa shape index (κ1) is 66.9. The highest BCUT2D eigenvalue weighted by Gasteiger charge is 2.19. The van der Waals surface area contributed by atoms with Crippen LogP contribution < -0.4 is 0 Å². The van der Waals surface area contributed by atoms with Crippen molar-refractivity contribution in [1.82, 2.24) is 0 Å². The average molecular weight is 978 g/mol. The van der Waals surface area contributed by atoms with Crippen molar-refractivity contribution in [2.45, 2.75) is 303 Å². The molecule has 0 saturated heterocycles. The number of esters is 3. The van der Waals surface area contributed by atoms with Gasteiger partial charge in [0.25, 0.3) is 0 Å². The lowest BCUT2D eigenvalue weighted by molar-refractivity contribution is -0.166. The van der Waals surface area contributed by atoms with Crippen LogP contribution in [0.5, 0.6) is 0 Å². The summed E-state index contributed by atoms with van der Waals surface area (Å²) in [5, 5.41) is 0. The molecule has 0 bridgehead atoms. The van der Waals surface area contributed by atoms with Gasteiger partial charge in [-0.3, -0.25) is 14.4 Å². The largest absolute Gasteiger partial charge is 0.462 e. The Hall–Kier alpha value is -3.15. The molecule has 70 heavy (non-hydrogen) atoms. The minimum Gasteiger partial charge on any atom is -0.462 e. The molecule has 0 heterocycles. The van der Waals surface area contributed by atoms with E-state index in [1.165, 1.54) is 173 Å². The number of ether oxygens (including phenoxy) is 3. The summed E-state index contributed by atoms with van der Waals surface area (Å²) >= 11 is 0. The molecule has 0 radical (unpaired) electrons. The van der Waals surface area contributed by atoms with Crippen molar-refractivity contribution in [1.29, 1.82) is 0 Å². The van der Waals surface area contributed by atoms with Crippen molar-refractivity contribution in [2.24, 2.45) is 0 Å². The molecule has 0 aliphatic heterocycles. The van der Waals surface area contributed by atoms with E-state index in [0.29, 0.717) is 19.3 Å². The summed E-state index contributed by atoms with van der Waals surface area (Å²) in [6.07, 6.45) is 74.9. The zero-order valence-electron chi connectivity index (χ0n) is 46.3. The fourth-order valence-corrected chi connectivity index (χ4v) is 8.53. The maximum Gasteiger partial charge on any atom is 0.306 e. The summed E-state index contributed by atoms with van der Waals surface area (Å²) < 4.78 is 16.8. The second kappa shape index (κ2) is 58.4. The second-order valence-corrected chi connectivity index (χ2v) is 19.9. The minimum absolute atomic E-state index is 0.102. The molecule has 0 aromatic carbocycles. The van der Waals surface area contributed by atoms with Crippen LogP contribution in [-0.4, -0.2) is 37.2 Å². The molecule has 0 N–H and O–H groups in total. The van der Waals surface area contributed by atoms with Crippen LogP contribution in [0.3, 0.4) is 0 Å². The molecule has 0 amide bonds. The van der Waals surface area contributed by atoms with Crippen molar-refractivity contribution < 1.29 is 28.6 Å². The van der Waals surface area contributed by atoms with Gasteiger partial charge in [-0.1, -0.05) is 293 Å². The Bertz CT molecular complexity index is 1310. The van der Waals surface area contributed by atoms with Gasteiger partial charge in [0.05, 0.1) is 0 Å². The van der Waals surface area contributed by atoms with Crippen LogP contribution >= 0.6 is 0 Å². The number of hydrogen-bond donors (Lipinski definition) is 0. The Morgan fingerprint density at radius 3 is 0.843 bits per heavy atom. The van der Waals surface area contributed by atoms with Gasteiger partial charge in [0.1, 0.15) is 13.2 Å². The van der Waals surface area contributed by atoms with Gasteiger partial charge in [0.15, 0.2) is 6.10 Å². The van der Waals surface area contributed by atoms with Gasteiger partial charge in [0, 0.05) is 19.3 Å². The normalized spacial score (nSPS) is 12.6. The van der Waals surface area contributed by atoms with E-state index in [4.69, 9.17) is 14.2 Å². The highest BCUT2D eigenvalue weighted by Crippen LogP contribution is 2.17. The predicted octanol–water partition coefficient (Wildman–Crippen LogP) is 20.2. The zero-order valence-corrected chi connectivity index (χ0v) is 46.3. The SMILES string of the molecule is CC/C=C\C/C=C\C/C=C\C/C=C\C/C=C\C/C=C\CCC(=O)OC(COC(=O)CCCCCCCCCCCCC)COC(=O)CCCCCCCCCCCCCCCCCCCCCCCC. The quantitative estimate of drug-likeness (QED) is 0.0261. The van der Waals surface area contributed by atoms with Gasteiger partial charge < -0.3 is 14.2 Å². The Morgan fingerprint density at radius 2 is 0.557 bits per heavy atom. The van der Waals surface area contributed by atoms with Crippen LogP contribution in [0.1, 0.15) is 297 Å². The molecule has 6 nitrogen and oxygen atoms in total. The third kappa shape index (κ3) is 55.8. The first-order chi connectivity index (χ1) is 34.5. The van der Waals surface area contributed by atoms with Gasteiger partial charge in [0.2, 0.25) is 0 Å². The van der Waals surface area contributed by atoms with Crippen LogP contribution in [-0.2, 0) is 28.6 Å². The van der Waals surface area contributed by atoms with E-state index in [1.807, 2.05) is 6.08 Å². The van der Waals surface area contributed by atoms with Crippen molar-refractivity contribution in [2.75, 3.05) is 13.2 Å². The molecule has 404 valence electrons. The molecule has 6 heteroatoms. The molecule has 0 fully saturated rings. The molecule has 0 aromatic rings. The second-order valence-electron chi connectivity index (χ2n) is 19.9. The maximum absolute atomic E-state index is 12.8. The van der Waals surface area contributed by atoms with E-state index in [-0.39, 0.29) is 37.5 Å². The van der Waals surface area contributed by atoms with E-state index >= 15 is 0 Å². The van der Waals surface area contributed by atoms with Gasteiger partial charge in [-0.25, -0.2) is 0 Å². The van der Waals surface area contributed by atoms with E-state index in [1.54, 1.807) is 0 Å². The highest BCUT2D eigenvalue weighted by atomic mass is 16.6. The Labute approximate surface area is 433 Å². The summed E-state index contributed by atoms with van der Waals surface area (Å²) in [5.74, 6) is -0.975. The molecule has 0 spiro atoms. The molecule has 0 aliphatic rings. The number of hydrogen-bond acceptors (Lipinski definition) is 6. The molecular weight excluding hydrogens is 865 g/mol. The van der Waals surface area contributed by atoms with E-state index < -0.39 is 6.10 Å². The Balaban J connectivity index is 4.37. The number of unbranched alkanes of at least 4 members (excludes halogenated alkanes) is 31. The lowest BCUT2D eigenvalue weighted by atomic mass is 10.0. The van der Waals surface area contributed by atoms with Crippen molar-refractivity contribution in [3.05, 3.63) is 72.9 Å². The van der Waals surface area contributed by atoms with E-state index in [9.17, 15) is 14.4 Å². The van der Waals surface area contributed by atoms with E-state index in [2.05, 4.69) is 87.6 Å². The third-order valence-electron chi connectivity index (χ3n) is 13.0. The van der Waals surface area contributed by atoms with E-state index in [0.717, 1.165) is 77.0 Å². The summed E-state index contributed by atoms with van der Waals surface area (Å²) in [5.41, 5.74) is 0. The smallest absolute Gasteiger partial charge is 0.306 e. The lowest BCUT2D eigenvalue weighted by Gasteiger charge is -2.18. The molecule has 0 aliphatic carbocycles. The first-order valence-electron chi connectivity index (χ1n) is 29.9. The maximum atomic E-state index is 12.8. The topological polar surface area (TPSA) is 78.9 Å². The monoisotopic (exact) mass is 977 g/mol. The van der Waals surface area contributed by atoms with Crippen LogP contribution in [0, 0.1) is 0 Å². The van der Waals surface area contributed by atoms with Crippen LogP contribution in [0.4, 0.5) is 0 Å². The van der Waals surface area contributed by atoms with Crippen LogP contribution in [0.25, 0.3) is 0 Å². The number of carbonyl (C=O) groups is 3. The third-order valence-corrected chi connectivity index (χ3v) is 13.0. The fraction of sp³-hybridized carbons (Fsp3) is 0.766. The van der Waals surface area contributed by atoms with Gasteiger partial charge >= 0.3 is 17.9 Å². The zero-order chi connectivity index (χ0) is 50.7. The standard InChI is InChI=1S/C64H112O6/c1-4-7-10-13-16-19-22-24-26-28-30-31-32-34-35-37-39-42-45-48-51-54-57-63(66)69-60-61(59-68-62(65)56-53-50-47-44-41-21-18-15-12-9-6-3)70-64(67)58-55-52-49-46-43-40-38-36-33-29-27-25-23-20-17-14-11-8-5-2/h8,11,17,20,25,27,33,36,40,43,49,52,61H,4-7,9-10,12-16,18-19,21-24,26,28-32,34-35,37-39,41-42,44-48,50-51,53-60H2,1-3H3/b11-8-,20-17-,27-25-,36-33-,43-40-,52-49-. The molecule has 0 saturated carbocycles. The first-order valence-corrected chi connectivity index (χ1v) is 29.9. The fourth-order valence-electron chi connectivity index (χ4n) is 8.53. The molecule has 1 atom stereocenters. The summed E-state index contributed by atoms with van der Waals surface area (Å²) in [7, 11) is 0. The summed E-state index contributed by atoms with van der Waals surface area (Å²) in [6.45, 7) is 6.49. The van der Waals surface area contributed by atoms with Gasteiger partial charge in [-0.2, -0.15) is 0 Å². The van der Waals surface area contributed by atoms with Crippen LogP contribution in [0.2, 0.25) is 0 Å². The molecule has 0 rings (SSSR count). The Kier molecular flexibility index (Phi) is 55.8. The summed E-state index contributed by atoms with van der Waals surface area (Å²) in [4.78, 5) is 38.1.